The number of ether oxygens (including phenoxy) is 2. The number of fused-ring (bicyclic) bond motifs is 4. The first-order valence-corrected chi connectivity index (χ1v) is 3.65. The van der Waals surface area contributed by atoms with Gasteiger partial charge < -0.3 is 9.47 Å². The molecule has 12 heavy (non-hydrogen) atoms. The third-order valence-corrected chi connectivity index (χ3v) is 1.85. The van der Waals surface area contributed by atoms with Crippen molar-refractivity contribution in [1.82, 2.24) is 0 Å². The second-order valence-corrected chi connectivity index (χ2v) is 2.59. The van der Waals surface area contributed by atoms with Crippen molar-refractivity contribution in [3.05, 3.63) is 35.4 Å². The van der Waals surface area contributed by atoms with Crippen molar-refractivity contribution in [1.29, 1.82) is 0 Å². The van der Waals surface area contributed by atoms with Gasteiger partial charge in [-0.3, -0.25) is 0 Å². The third kappa shape index (κ3) is 0.987. The normalized spacial score (nSPS) is 20.4. The summed E-state index contributed by atoms with van der Waals surface area (Å²) in [4.78, 5) is 11.2. The molecular formula is C9H8O3. The molecule has 3 rings (SSSR count). The van der Waals surface area contributed by atoms with Crippen LogP contribution in [0.3, 0.4) is 0 Å². The Kier molecular flexibility index (Phi) is 1.59. The number of hydrogen-bond acceptors (Lipinski definition) is 3. The van der Waals surface area contributed by atoms with Crippen LogP contribution >= 0.6 is 0 Å². The molecule has 0 radical (unpaired) electrons. The summed E-state index contributed by atoms with van der Waals surface area (Å²) in [6, 6.07) is 7.12. The molecule has 2 aliphatic heterocycles. The van der Waals surface area contributed by atoms with E-state index in [9.17, 15) is 4.79 Å². The zero-order valence-electron chi connectivity index (χ0n) is 6.61. The summed E-state index contributed by atoms with van der Waals surface area (Å²) in [5, 5.41) is 0. The fraction of sp³-hybridized carbons (Fsp3) is 0.222. The third-order valence-electron chi connectivity index (χ3n) is 1.85. The van der Waals surface area contributed by atoms with E-state index < -0.39 is 6.29 Å². The minimum atomic E-state index is -0.551. The number of carbonyl (C=O) groups is 1. The number of methoxy groups -OCH3 is 1. The van der Waals surface area contributed by atoms with E-state index in [0.717, 1.165) is 5.56 Å². The molecule has 0 spiro atoms. The highest BCUT2D eigenvalue weighted by Crippen LogP contribution is 2.24. The SMILES string of the molecule is COC1OC(=O)c2ccc1cc2. The molecule has 1 unspecified atom stereocenters. The minimum Gasteiger partial charge on any atom is -0.428 e. The highest BCUT2D eigenvalue weighted by atomic mass is 16.7. The van der Waals surface area contributed by atoms with Crippen LogP contribution in [0.1, 0.15) is 22.2 Å². The molecule has 2 bridgehead atoms. The molecule has 1 aromatic rings. The standard InChI is InChI=1S/C9H8O3/c1-11-9-7-4-2-6(3-5-7)8(10)12-9/h2-5,9H,1H3. The quantitative estimate of drug-likeness (QED) is 0.590. The van der Waals surface area contributed by atoms with Gasteiger partial charge in [0.05, 0.1) is 5.56 Å². The topological polar surface area (TPSA) is 35.5 Å². The van der Waals surface area contributed by atoms with Crippen molar-refractivity contribution in [2.24, 2.45) is 0 Å². The summed E-state index contributed by atoms with van der Waals surface area (Å²) >= 11 is 0. The lowest BCUT2D eigenvalue weighted by atomic mass is 10.2. The van der Waals surface area contributed by atoms with Gasteiger partial charge in [-0.25, -0.2) is 4.79 Å². The fourth-order valence-corrected chi connectivity index (χ4v) is 1.19. The molecule has 2 heterocycles. The number of hydrogen-bond donors (Lipinski definition) is 0. The largest absolute Gasteiger partial charge is 0.428 e. The van der Waals surface area contributed by atoms with E-state index in [-0.39, 0.29) is 5.97 Å². The first kappa shape index (κ1) is 7.31. The summed E-state index contributed by atoms with van der Waals surface area (Å²) in [5.41, 5.74) is 1.44. The molecule has 0 amide bonds. The molecule has 1 aromatic carbocycles. The summed E-state index contributed by atoms with van der Waals surface area (Å²) in [5.74, 6) is -0.332. The van der Waals surface area contributed by atoms with Crippen LogP contribution in [0.25, 0.3) is 0 Å². The van der Waals surface area contributed by atoms with Gasteiger partial charge in [0.1, 0.15) is 0 Å². The molecule has 1 atom stereocenters. The molecule has 3 nitrogen and oxygen atoms in total. The second-order valence-electron chi connectivity index (χ2n) is 2.59. The Balaban J connectivity index is 2.46. The van der Waals surface area contributed by atoms with E-state index in [4.69, 9.17) is 9.47 Å². The molecule has 0 saturated heterocycles. The maximum Gasteiger partial charge on any atom is 0.340 e. The maximum atomic E-state index is 11.2. The van der Waals surface area contributed by atoms with Crippen LogP contribution in [-0.2, 0) is 9.47 Å². The van der Waals surface area contributed by atoms with E-state index in [1.807, 2.05) is 12.1 Å². The average molecular weight is 164 g/mol. The smallest absolute Gasteiger partial charge is 0.340 e. The van der Waals surface area contributed by atoms with Crippen LogP contribution in [-0.4, -0.2) is 13.1 Å². The van der Waals surface area contributed by atoms with E-state index in [0.29, 0.717) is 5.56 Å². The zero-order chi connectivity index (χ0) is 8.55. The Morgan fingerprint density at radius 3 is 2.58 bits per heavy atom. The summed E-state index contributed by atoms with van der Waals surface area (Å²) in [7, 11) is 1.51. The van der Waals surface area contributed by atoms with Crippen LogP contribution in [0.15, 0.2) is 24.3 Å². The van der Waals surface area contributed by atoms with Gasteiger partial charge in [-0.2, -0.15) is 0 Å². The summed E-state index contributed by atoms with van der Waals surface area (Å²) < 4.78 is 9.96. The van der Waals surface area contributed by atoms with E-state index >= 15 is 0 Å². The molecule has 62 valence electrons. The van der Waals surface area contributed by atoms with Crippen LogP contribution in [0.5, 0.6) is 0 Å². The van der Waals surface area contributed by atoms with Crippen LogP contribution < -0.4 is 0 Å². The van der Waals surface area contributed by atoms with Crippen molar-refractivity contribution in [2.45, 2.75) is 6.29 Å². The van der Waals surface area contributed by atoms with Gasteiger partial charge in [0.15, 0.2) is 0 Å². The van der Waals surface area contributed by atoms with E-state index in [1.165, 1.54) is 7.11 Å². The molecule has 3 heteroatoms. The molecule has 0 aromatic heterocycles. The highest BCUT2D eigenvalue weighted by molar-refractivity contribution is 5.90. The maximum absolute atomic E-state index is 11.2. The first-order valence-electron chi connectivity index (χ1n) is 3.65. The van der Waals surface area contributed by atoms with Crippen molar-refractivity contribution in [2.75, 3.05) is 7.11 Å². The summed E-state index contributed by atoms with van der Waals surface area (Å²) in [6.07, 6.45) is -0.551. The second kappa shape index (κ2) is 2.60. The van der Waals surface area contributed by atoms with Gasteiger partial charge in [-0.05, 0) is 12.1 Å². The fourth-order valence-electron chi connectivity index (χ4n) is 1.19. The Morgan fingerprint density at radius 2 is 2.00 bits per heavy atom. The number of benzene rings is 1. The number of carbonyl (C=O) groups excluding carboxylic acids is 1. The van der Waals surface area contributed by atoms with Crippen LogP contribution in [0, 0.1) is 0 Å². The molecule has 0 saturated carbocycles. The van der Waals surface area contributed by atoms with E-state index in [2.05, 4.69) is 0 Å². The Morgan fingerprint density at radius 1 is 1.33 bits per heavy atom. The predicted octanol–water partition coefficient (Wildman–Crippen LogP) is 1.50. The highest BCUT2D eigenvalue weighted by Gasteiger charge is 2.21. The molecule has 0 aliphatic carbocycles. The van der Waals surface area contributed by atoms with Crippen molar-refractivity contribution in [3.63, 3.8) is 0 Å². The van der Waals surface area contributed by atoms with E-state index in [1.54, 1.807) is 12.1 Å². The molecule has 0 fully saturated rings. The first-order chi connectivity index (χ1) is 5.81. The van der Waals surface area contributed by atoms with Gasteiger partial charge in [0.25, 0.3) is 0 Å². The van der Waals surface area contributed by atoms with Gasteiger partial charge in [-0.15, -0.1) is 0 Å². The summed E-state index contributed by atoms with van der Waals surface area (Å²) in [6.45, 7) is 0. The van der Waals surface area contributed by atoms with Crippen molar-refractivity contribution in [3.8, 4) is 0 Å². The Hall–Kier alpha value is -1.35. The number of rotatable bonds is 1. The number of esters is 1. The van der Waals surface area contributed by atoms with Gasteiger partial charge in [0, 0.05) is 12.7 Å². The van der Waals surface area contributed by atoms with Crippen molar-refractivity contribution >= 4 is 5.97 Å². The zero-order valence-corrected chi connectivity index (χ0v) is 6.61. The minimum absolute atomic E-state index is 0.332. The van der Waals surface area contributed by atoms with Gasteiger partial charge in [0.2, 0.25) is 6.29 Å². The average Bonchev–Trinajstić information content (AvgIpc) is 2.36. The van der Waals surface area contributed by atoms with Gasteiger partial charge >= 0.3 is 5.97 Å². The lowest BCUT2D eigenvalue weighted by Crippen LogP contribution is -2.08. The molecule has 2 aliphatic rings. The van der Waals surface area contributed by atoms with Crippen molar-refractivity contribution < 1.29 is 14.3 Å². The monoisotopic (exact) mass is 164 g/mol. The van der Waals surface area contributed by atoms with Crippen LogP contribution in [0.2, 0.25) is 0 Å². The van der Waals surface area contributed by atoms with Crippen LogP contribution in [0.4, 0.5) is 0 Å². The lowest BCUT2D eigenvalue weighted by molar-refractivity contribution is -0.0913. The Bertz CT molecular complexity index is 302. The molecule has 0 N–H and O–H groups in total. The molecular weight excluding hydrogens is 156 g/mol. The van der Waals surface area contributed by atoms with Gasteiger partial charge in [-0.1, -0.05) is 12.1 Å². The lowest BCUT2D eigenvalue weighted by Gasteiger charge is -2.11. The Labute approximate surface area is 69.9 Å². The predicted molar refractivity (Wildman–Crippen MR) is 41.6 cm³/mol.